The molecule has 3 N–H and O–H groups in total. The van der Waals surface area contributed by atoms with Crippen LogP contribution in [-0.4, -0.2) is 42.8 Å². The molecule has 0 aliphatic rings. The van der Waals surface area contributed by atoms with Gasteiger partial charge >= 0.3 is 12.1 Å². The van der Waals surface area contributed by atoms with E-state index >= 15 is 0 Å². The van der Waals surface area contributed by atoms with Crippen molar-refractivity contribution in [1.29, 1.82) is 0 Å². The van der Waals surface area contributed by atoms with Crippen LogP contribution in [0.15, 0.2) is 0 Å². The van der Waals surface area contributed by atoms with Crippen LogP contribution in [0, 0.1) is 0 Å². The summed E-state index contributed by atoms with van der Waals surface area (Å²) in [6.07, 6.45) is -4.46. The van der Waals surface area contributed by atoms with Crippen LogP contribution in [0.5, 0.6) is 0 Å². The number of alkyl halides is 3. The van der Waals surface area contributed by atoms with Crippen molar-refractivity contribution in [2.45, 2.75) is 6.18 Å². The normalized spacial score (nSPS) is 11.1. The van der Waals surface area contributed by atoms with Gasteiger partial charge in [-0.25, -0.2) is 0 Å². The van der Waals surface area contributed by atoms with Crippen molar-refractivity contribution >= 4 is 11.9 Å². The lowest BCUT2D eigenvalue weighted by molar-refractivity contribution is -0.138. The number of hydrogen-bond acceptors (Lipinski definition) is 3. The molecule has 0 rings (SSSR count). The van der Waals surface area contributed by atoms with Crippen molar-refractivity contribution in [3.8, 4) is 0 Å². The number of carboxylic acid groups (broad SMARTS) is 1. The lowest BCUT2D eigenvalue weighted by atomic mass is 10.5. The van der Waals surface area contributed by atoms with Crippen LogP contribution in [0.25, 0.3) is 0 Å². The molecular formula is C6H9F3N2O3. The van der Waals surface area contributed by atoms with Crippen LogP contribution in [0.1, 0.15) is 0 Å². The molecule has 0 aromatic heterocycles. The van der Waals surface area contributed by atoms with Gasteiger partial charge in [0, 0.05) is 0 Å². The van der Waals surface area contributed by atoms with Gasteiger partial charge in [0.1, 0.15) is 6.54 Å². The summed E-state index contributed by atoms with van der Waals surface area (Å²) in [5.41, 5.74) is 0. The molecule has 0 spiro atoms. The van der Waals surface area contributed by atoms with E-state index in [1.807, 2.05) is 0 Å². The third kappa shape index (κ3) is 8.78. The Labute approximate surface area is 77.3 Å². The molecule has 0 unspecified atom stereocenters. The Morgan fingerprint density at radius 3 is 2.21 bits per heavy atom. The highest BCUT2D eigenvalue weighted by Crippen LogP contribution is 2.11. The first-order valence-electron chi connectivity index (χ1n) is 3.57. The first-order valence-corrected chi connectivity index (χ1v) is 3.57. The molecule has 0 aromatic rings. The minimum atomic E-state index is -4.46. The summed E-state index contributed by atoms with van der Waals surface area (Å²) in [5.74, 6) is -2.09. The van der Waals surface area contributed by atoms with Gasteiger partial charge in [-0.15, -0.1) is 0 Å². The van der Waals surface area contributed by atoms with E-state index in [9.17, 15) is 22.8 Å². The van der Waals surface area contributed by atoms with Gasteiger partial charge in [-0.1, -0.05) is 0 Å². The van der Waals surface area contributed by atoms with Crippen LogP contribution in [0.4, 0.5) is 13.2 Å². The smallest absolute Gasteiger partial charge is 0.405 e. The third-order valence-corrected chi connectivity index (χ3v) is 1.05. The van der Waals surface area contributed by atoms with Crippen LogP contribution >= 0.6 is 0 Å². The maximum atomic E-state index is 11.5. The lowest BCUT2D eigenvalue weighted by Gasteiger charge is -2.07. The maximum Gasteiger partial charge on any atom is 0.405 e. The fourth-order valence-corrected chi connectivity index (χ4v) is 0.544. The Kier molecular flexibility index (Phi) is 4.92. The molecular weight excluding hydrogens is 205 g/mol. The van der Waals surface area contributed by atoms with E-state index in [0.717, 1.165) is 0 Å². The first-order chi connectivity index (χ1) is 6.31. The molecule has 1 amide bonds. The van der Waals surface area contributed by atoms with E-state index in [-0.39, 0.29) is 0 Å². The number of halogens is 3. The number of carbonyl (C=O) groups excluding carboxylic acids is 1. The van der Waals surface area contributed by atoms with Gasteiger partial charge in [-0.3, -0.25) is 14.9 Å². The van der Waals surface area contributed by atoms with E-state index in [1.165, 1.54) is 0 Å². The van der Waals surface area contributed by atoms with Crippen LogP contribution < -0.4 is 10.6 Å². The average Bonchev–Trinajstić information content (AvgIpc) is 1.99. The van der Waals surface area contributed by atoms with Crippen molar-refractivity contribution in [1.82, 2.24) is 10.6 Å². The van der Waals surface area contributed by atoms with Gasteiger partial charge in [-0.05, 0) is 0 Å². The Balaban J connectivity index is 3.52. The van der Waals surface area contributed by atoms with Gasteiger partial charge < -0.3 is 10.4 Å². The molecule has 0 bridgehead atoms. The minimum Gasteiger partial charge on any atom is -0.480 e. The zero-order valence-corrected chi connectivity index (χ0v) is 7.02. The molecule has 14 heavy (non-hydrogen) atoms. The largest absolute Gasteiger partial charge is 0.480 e. The fourth-order valence-electron chi connectivity index (χ4n) is 0.544. The van der Waals surface area contributed by atoms with E-state index in [1.54, 1.807) is 5.32 Å². The Morgan fingerprint density at radius 1 is 1.21 bits per heavy atom. The van der Waals surface area contributed by atoms with Gasteiger partial charge in [0.15, 0.2) is 0 Å². The van der Waals surface area contributed by atoms with Crippen molar-refractivity contribution in [3.63, 3.8) is 0 Å². The molecule has 8 heteroatoms. The molecule has 0 atom stereocenters. The maximum absolute atomic E-state index is 11.5. The molecule has 0 saturated carbocycles. The number of aliphatic carboxylic acids is 1. The van der Waals surface area contributed by atoms with Crippen LogP contribution in [0.3, 0.4) is 0 Å². The predicted octanol–water partition coefficient (Wildman–Crippen LogP) is -0.661. The average molecular weight is 214 g/mol. The fraction of sp³-hybridized carbons (Fsp3) is 0.667. The second-order valence-electron chi connectivity index (χ2n) is 2.39. The molecule has 0 radical (unpaired) electrons. The van der Waals surface area contributed by atoms with Gasteiger partial charge in [0.25, 0.3) is 0 Å². The molecule has 0 aliphatic heterocycles. The number of rotatable bonds is 5. The Bertz CT molecular complexity index is 217. The van der Waals surface area contributed by atoms with E-state index in [4.69, 9.17) is 5.11 Å². The van der Waals surface area contributed by atoms with Crippen molar-refractivity contribution < 1.29 is 27.9 Å². The summed E-state index contributed by atoms with van der Waals surface area (Å²) in [7, 11) is 0. The Morgan fingerprint density at radius 2 is 1.79 bits per heavy atom. The van der Waals surface area contributed by atoms with E-state index in [2.05, 4.69) is 5.32 Å². The molecule has 0 aliphatic carbocycles. The first kappa shape index (κ1) is 12.7. The van der Waals surface area contributed by atoms with Crippen LogP contribution in [0.2, 0.25) is 0 Å². The van der Waals surface area contributed by atoms with Gasteiger partial charge in [0.05, 0.1) is 13.1 Å². The SMILES string of the molecule is O=C(O)CNCC(=O)NCC(F)(F)F. The van der Waals surface area contributed by atoms with Gasteiger partial charge in [-0.2, -0.15) is 13.2 Å². The molecule has 0 aromatic carbocycles. The summed E-state index contributed by atoms with van der Waals surface area (Å²) >= 11 is 0. The molecule has 82 valence electrons. The van der Waals surface area contributed by atoms with Crippen molar-refractivity contribution in [2.24, 2.45) is 0 Å². The lowest BCUT2D eigenvalue weighted by Crippen LogP contribution is -2.40. The molecule has 0 fully saturated rings. The summed E-state index contributed by atoms with van der Waals surface area (Å²) in [6, 6.07) is 0. The minimum absolute atomic E-state index is 0.456. The molecule has 0 heterocycles. The monoisotopic (exact) mass is 214 g/mol. The topological polar surface area (TPSA) is 78.4 Å². The summed E-state index contributed by atoms with van der Waals surface area (Å²) in [5, 5.41) is 11.8. The van der Waals surface area contributed by atoms with E-state index < -0.39 is 37.7 Å². The summed E-state index contributed by atoms with van der Waals surface area (Å²) in [4.78, 5) is 20.5. The van der Waals surface area contributed by atoms with Gasteiger partial charge in [0.2, 0.25) is 5.91 Å². The number of nitrogens with one attached hydrogen (secondary N) is 2. The predicted molar refractivity (Wildman–Crippen MR) is 39.6 cm³/mol. The summed E-state index contributed by atoms with van der Waals surface area (Å²) < 4.78 is 34.6. The second-order valence-corrected chi connectivity index (χ2v) is 2.39. The number of carboxylic acids is 1. The molecule has 5 nitrogen and oxygen atoms in total. The summed E-state index contributed by atoms with van der Waals surface area (Å²) in [6.45, 7) is -2.34. The molecule has 0 saturated heterocycles. The van der Waals surface area contributed by atoms with E-state index in [0.29, 0.717) is 0 Å². The highest BCUT2D eigenvalue weighted by atomic mass is 19.4. The zero-order chi connectivity index (χ0) is 11.2. The van der Waals surface area contributed by atoms with Crippen LogP contribution in [-0.2, 0) is 9.59 Å². The number of carbonyl (C=O) groups is 2. The van der Waals surface area contributed by atoms with Crippen molar-refractivity contribution in [2.75, 3.05) is 19.6 Å². The van der Waals surface area contributed by atoms with Crippen molar-refractivity contribution in [3.05, 3.63) is 0 Å². The number of hydrogen-bond donors (Lipinski definition) is 3. The second kappa shape index (κ2) is 5.43. The zero-order valence-electron chi connectivity index (χ0n) is 7.02. The third-order valence-electron chi connectivity index (χ3n) is 1.05. The quantitative estimate of drug-likeness (QED) is 0.567. The standard InChI is InChI=1S/C6H9F3N2O3/c7-6(8,9)3-11-4(12)1-10-2-5(13)14/h10H,1-3H2,(H,11,12)(H,13,14). The number of amides is 1. The highest BCUT2D eigenvalue weighted by Gasteiger charge is 2.27. The highest BCUT2D eigenvalue weighted by molar-refractivity contribution is 5.78. The Hall–Kier alpha value is -1.31.